The zero-order chi connectivity index (χ0) is 19.3. The Morgan fingerprint density at radius 3 is 2.73 bits per heavy atom. The summed E-state index contributed by atoms with van der Waals surface area (Å²) in [6.45, 7) is 5.23. The number of hydrogen-bond acceptors (Lipinski definition) is 5. The minimum atomic E-state index is -0.978. The van der Waals surface area contributed by atoms with Gasteiger partial charge in [0.25, 0.3) is 5.91 Å². The molecule has 1 aromatic carbocycles. The van der Waals surface area contributed by atoms with Crippen LogP contribution in [-0.2, 0) is 21.4 Å². The van der Waals surface area contributed by atoms with Gasteiger partial charge in [0, 0.05) is 30.1 Å². The molecule has 0 bridgehead atoms. The van der Waals surface area contributed by atoms with E-state index in [4.69, 9.17) is 10.00 Å². The summed E-state index contributed by atoms with van der Waals surface area (Å²) in [7, 11) is 1.83. The van der Waals surface area contributed by atoms with E-state index in [1.54, 1.807) is 35.0 Å². The lowest BCUT2D eigenvalue weighted by Gasteiger charge is -2.12. The number of carbonyl (C=O) groups excluding carboxylic acids is 2. The molecular formula is C19H20N4O3. The summed E-state index contributed by atoms with van der Waals surface area (Å²) in [4.78, 5) is 24.1. The number of nitriles is 1. The maximum Gasteiger partial charge on any atom is 0.331 e. The van der Waals surface area contributed by atoms with Crippen molar-refractivity contribution >= 4 is 23.6 Å². The van der Waals surface area contributed by atoms with Gasteiger partial charge in [-0.05, 0) is 45.0 Å². The molecule has 0 unspecified atom stereocenters. The van der Waals surface area contributed by atoms with Gasteiger partial charge in [-0.1, -0.05) is 6.07 Å². The van der Waals surface area contributed by atoms with Gasteiger partial charge in [-0.25, -0.2) is 4.79 Å². The number of benzene rings is 1. The van der Waals surface area contributed by atoms with E-state index in [1.165, 1.54) is 13.0 Å². The van der Waals surface area contributed by atoms with E-state index in [9.17, 15) is 9.59 Å². The summed E-state index contributed by atoms with van der Waals surface area (Å²) < 4.78 is 6.85. The molecule has 26 heavy (non-hydrogen) atoms. The third kappa shape index (κ3) is 4.57. The Morgan fingerprint density at radius 1 is 1.38 bits per heavy atom. The van der Waals surface area contributed by atoms with Crippen molar-refractivity contribution in [1.29, 1.82) is 5.26 Å². The lowest BCUT2D eigenvalue weighted by atomic mass is 10.2. The Hall–Kier alpha value is -3.40. The second-order valence-corrected chi connectivity index (χ2v) is 5.80. The van der Waals surface area contributed by atoms with Crippen LogP contribution in [0.4, 0.5) is 5.69 Å². The van der Waals surface area contributed by atoms with E-state index in [-0.39, 0.29) is 0 Å². The van der Waals surface area contributed by atoms with Crippen LogP contribution in [0, 0.1) is 25.2 Å². The first kappa shape index (κ1) is 18.9. The third-order valence-corrected chi connectivity index (χ3v) is 3.87. The number of aryl methyl sites for hydroxylation is 2. The second-order valence-electron chi connectivity index (χ2n) is 5.80. The third-order valence-electron chi connectivity index (χ3n) is 3.87. The van der Waals surface area contributed by atoms with E-state index in [2.05, 4.69) is 10.4 Å². The van der Waals surface area contributed by atoms with Crippen LogP contribution >= 0.6 is 0 Å². The maximum atomic E-state index is 12.1. The fourth-order valence-electron chi connectivity index (χ4n) is 2.36. The van der Waals surface area contributed by atoms with Crippen LogP contribution in [0.3, 0.4) is 0 Å². The minimum Gasteiger partial charge on any atom is -0.449 e. The summed E-state index contributed by atoms with van der Waals surface area (Å²) in [5.41, 5.74) is 3.47. The maximum absolute atomic E-state index is 12.1. The fraction of sp³-hybridized carbons (Fsp3) is 0.263. The van der Waals surface area contributed by atoms with Gasteiger partial charge in [0.1, 0.15) is 0 Å². The Labute approximate surface area is 151 Å². The van der Waals surface area contributed by atoms with E-state index in [1.807, 2.05) is 27.0 Å². The van der Waals surface area contributed by atoms with Crippen molar-refractivity contribution in [1.82, 2.24) is 9.78 Å². The molecule has 134 valence electrons. The number of nitrogens with one attached hydrogen (secondary N) is 1. The molecule has 0 saturated heterocycles. The zero-order valence-electron chi connectivity index (χ0n) is 15.1. The van der Waals surface area contributed by atoms with Crippen LogP contribution < -0.4 is 5.32 Å². The number of nitrogens with zero attached hydrogens (tertiary/aromatic N) is 3. The number of anilines is 1. The topological polar surface area (TPSA) is 97.0 Å². The molecule has 0 saturated carbocycles. The molecule has 1 heterocycles. The molecule has 0 aliphatic heterocycles. The molecule has 7 nitrogen and oxygen atoms in total. The van der Waals surface area contributed by atoms with Crippen LogP contribution in [0.25, 0.3) is 6.08 Å². The number of rotatable bonds is 5. The van der Waals surface area contributed by atoms with Crippen molar-refractivity contribution in [3.8, 4) is 6.07 Å². The van der Waals surface area contributed by atoms with E-state index < -0.39 is 18.0 Å². The summed E-state index contributed by atoms with van der Waals surface area (Å²) in [6.07, 6.45) is 1.92. The van der Waals surface area contributed by atoms with Gasteiger partial charge in [-0.15, -0.1) is 0 Å². The number of aromatic nitrogens is 2. The van der Waals surface area contributed by atoms with Crippen molar-refractivity contribution in [3.63, 3.8) is 0 Å². The molecule has 0 radical (unpaired) electrons. The summed E-state index contributed by atoms with van der Waals surface area (Å²) >= 11 is 0. The van der Waals surface area contributed by atoms with Gasteiger partial charge in [0.05, 0.1) is 17.3 Å². The first-order valence-corrected chi connectivity index (χ1v) is 8.01. The van der Waals surface area contributed by atoms with Crippen molar-refractivity contribution in [2.75, 3.05) is 5.32 Å². The van der Waals surface area contributed by atoms with Crippen LogP contribution in [0.5, 0.6) is 0 Å². The zero-order valence-corrected chi connectivity index (χ0v) is 15.1. The van der Waals surface area contributed by atoms with Gasteiger partial charge in [-0.2, -0.15) is 10.4 Å². The first-order chi connectivity index (χ1) is 12.3. The molecule has 1 aromatic heterocycles. The molecular weight excluding hydrogens is 332 g/mol. The Kier molecular flexibility index (Phi) is 5.91. The van der Waals surface area contributed by atoms with Gasteiger partial charge in [-0.3, -0.25) is 9.48 Å². The smallest absolute Gasteiger partial charge is 0.331 e. The van der Waals surface area contributed by atoms with Gasteiger partial charge >= 0.3 is 5.97 Å². The first-order valence-electron chi connectivity index (χ1n) is 8.01. The number of carbonyl (C=O) groups is 2. The van der Waals surface area contributed by atoms with Crippen LogP contribution in [0.15, 0.2) is 30.3 Å². The van der Waals surface area contributed by atoms with Gasteiger partial charge in [0.15, 0.2) is 6.10 Å². The fourth-order valence-corrected chi connectivity index (χ4v) is 2.36. The van der Waals surface area contributed by atoms with E-state index in [0.717, 1.165) is 17.0 Å². The quantitative estimate of drug-likeness (QED) is 0.659. The molecule has 0 fully saturated rings. The highest BCUT2D eigenvalue weighted by Gasteiger charge is 2.17. The predicted molar refractivity (Wildman–Crippen MR) is 97.1 cm³/mol. The van der Waals surface area contributed by atoms with Crippen LogP contribution in [-0.4, -0.2) is 27.8 Å². The second kappa shape index (κ2) is 8.12. The van der Waals surface area contributed by atoms with Crippen molar-refractivity contribution < 1.29 is 14.3 Å². The Morgan fingerprint density at radius 2 is 2.12 bits per heavy atom. The summed E-state index contributed by atoms with van der Waals surface area (Å²) in [6, 6.07) is 8.48. The highest BCUT2D eigenvalue weighted by atomic mass is 16.5. The molecule has 1 N–H and O–H groups in total. The summed E-state index contributed by atoms with van der Waals surface area (Å²) in [5, 5.41) is 15.7. The Balaban J connectivity index is 1.96. The monoisotopic (exact) mass is 352 g/mol. The molecule has 1 atom stereocenters. The van der Waals surface area contributed by atoms with Crippen molar-refractivity contribution in [2.45, 2.75) is 26.9 Å². The lowest BCUT2D eigenvalue weighted by molar-refractivity contribution is -0.148. The predicted octanol–water partition coefficient (Wildman–Crippen LogP) is 2.49. The number of hydrogen-bond donors (Lipinski definition) is 1. The molecule has 0 aliphatic carbocycles. The van der Waals surface area contributed by atoms with Crippen LogP contribution in [0.1, 0.15) is 29.4 Å². The molecule has 2 rings (SSSR count). The highest BCUT2D eigenvalue weighted by molar-refractivity contribution is 5.96. The van der Waals surface area contributed by atoms with Gasteiger partial charge < -0.3 is 10.1 Å². The molecule has 0 aliphatic rings. The Bertz CT molecular complexity index is 906. The molecule has 1 amide bonds. The number of esters is 1. The van der Waals surface area contributed by atoms with Crippen molar-refractivity contribution in [3.05, 3.63) is 52.9 Å². The average molecular weight is 352 g/mol. The van der Waals surface area contributed by atoms with Crippen LogP contribution in [0.2, 0.25) is 0 Å². The normalized spacial score (nSPS) is 11.8. The summed E-state index contributed by atoms with van der Waals surface area (Å²) in [5.74, 6) is -1.10. The standard InChI is InChI=1S/C19H20N4O3/c1-12-17(13(2)23(4)22-12)8-9-18(24)26-14(3)19(25)21-16-7-5-6-15(10-16)11-20/h5-10,14H,1-4H3,(H,21,25)/b9-8+/t14-/m0/s1. The van der Waals surface area contributed by atoms with Crippen molar-refractivity contribution in [2.24, 2.45) is 7.05 Å². The molecule has 7 heteroatoms. The SMILES string of the molecule is Cc1nn(C)c(C)c1/C=C/C(=O)O[C@@H](C)C(=O)Nc1cccc(C#N)c1. The van der Waals surface area contributed by atoms with Gasteiger partial charge in [0.2, 0.25) is 0 Å². The molecule has 0 spiro atoms. The van der Waals surface area contributed by atoms with E-state index in [0.29, 0.717) is 11.3 Å². The highest BCUT2D eigenvalue weighted by Crippen LogP contribution is 2.14. The molecule has 2 aromatic rings. The number of ether oxygens (including phenoxy) is 1. The largest absolute Gasteiger partial charge is 0.449 e. The minimum absolute atomic E-state index is 0.428. The average Bonchev–Trinajstić information content (AvgIpc) is 2.85. The lowest BCUT2D eigenvalue weighted by Crippen LogP contribution is -2.29. The van der Waals surface area contributed by atoms with E-state index >= 15 is 0 Å². The number of amides is 1.